The van der Waals surface area contributed by atoms with E-state index in [1.54, 1.807) is 48.2 Å². The summed E-state index contributed by atoms with van der Waals surface area (Å²) in [6.45, 7) is 5.89. The summed E-state index contributed by atoms with van der Waals surface area (Å²) < 4.78 is 34.8. The van der Waals surface area contributed by atoms with Gasteiger partial charge in [0.2, 0.25) is 0 Å². The molecule has 0 heterocycles. The molecule has 0 radical (unpaired) electrons. The van der Waals surface area contributed by atoms with Crippen molar-refractivity contribution in [3.05, 3.63) is 91.0 Å². The highest BCUT2D eigenvalue weighted by Crippen LogP contribution is 2.40. The van der Waals surface area contributed by atoms with Crippen molar-refractivity contribution in [2.75, 3.05) is 11.4 Å². The Hall–Kier alpha value is -3.29. The number of aryl methyl sites for hydroxylation is 1. The van der Waals surface area contributed by atoms with E-state index in [4.69, 9.17) is 0 Å². The molecule has 0 saturated heterocycles. The Bertz CT molecular complexity index is 1130. The second kappa shape index (κ2) is 8.81. The van der Waals surface area contributed by atoms with E-state index in [0.717, 1.165) is 5.69 Å². The van der Waals surface area contributed by atoms with E-state index in [9.17, 15) is 13.0 Å². The summed E-state index contributed by atoms with van der Waals surface area (Å²) in [5, 5.41) is 8.22. The van der Waals surface area contributed by atoms with Crippen molar-refractivity contribution in [1.29, 1.82) is 0 Å². The molecule has 3 aromatic rings. The van der Waals surface area contributed by atoms with Crippen LogP contribution >= 0.6 is 0 Å². The molecule has 0 aliphatic carbocycles. The Balaban J connectivity index is 2.23. The van der Waals surface area contributed by atoms with Crippen LogP contribution in [0.25, 0.3) is 0 Å². The van der Waals surface area contributed by atoms with Crippen LogP contribution in [0.1, 0.15) is 5.56 Å². The first kappa shape index (κ1) is 20.4. The highest BCUT2D eigenvalue weighted by molar-refractivity contribution is 7.86. The maximum Gasteiger partial charge on any atom is 0.298 e. The predicted molar refractivity (Wildman–Crippen MR) is 115 cm³/mol. The molecule has 6 nitrogen and oxygen atoms in total. The summed E-state index contributed by atoms with van der Waals surface area (Å²) in [7, 11) is -4.59. The Morgan fingerprint density at radius 3 is 2.17 bits per heavy atom. The molecule has 148 valence electrons. The summed E-state index contributed by atoms with van der Waals surface area (Å²) in [4.78, 5) is 1.48. The fraction of sp³-hybridized carbons (Fsp3) is 0.0909. The van der Waals surface area contributed by atoms with Crippen LogP contribution in [-0.4, -0.2) is 19.5 Å². The molecule has 0 saturated carbocycles. The van der Waals surface area contributed by atoms with Crippen LogP contribution in [-0.2, 0) is 10.1 Å². The second-order valence-corrected chi connectivity index (χ2v) is 7.68. The van der Waals surface area contributed by atoms with Gasteiger partial charge in [0.25, 0.3) is 10.1 Å². The lowest BCUT2D eigenvalue weighted by atomic mass is 10.1. The molecule has 0 aliphatic rings. The molecule has 0 atom stereocenters. The number of nitrogens with zero attached hydrogens (tertiary/aromatic N) is 3. The summed E-state index contributed by atoms with van der Waals surface area (Å²) >= 11 is 0. The lowest BCUT2D eigenvalue weighted by molar-refractivity contribution is 0.483. The normalized spacial score (nSPS) is 11.5. The zero-order valence-corrected chi connectivity index (χ0v) is 16.7. The maximum absolute atomic E-state index is 12.4. The van der Waals surface area contributed by atoms with Gasteiger partial charge < -0.3 is 4.90 Å². The minimum absolute atomic E-state index is 0.0574. The summed E-state index contributed by atoms with van der Waals surface area (Å²) in [5.41, 5.74) is 2.39. The van der Waals surface area contributed by atoms with Crippen LogP contribution in [0, 0.1) is 6.92 Å². The monoisotopic (exact) mass is 407 g/mol. The van der Waals surface area contributed by atoms with Crippen LogP contribution < -0.4 is 4.90 Å². The average Bonchev–Trinajstić information content (AvgIpc) is 2.72. The largest absolute Gasteiger partial charge is 0.336 e. The zero-order chi connectivity index (χ0) is 20.9. The fourth-order valence-electron chi connectivity index (χ4n) is 3.00. The van der Waals surface area contributed by atoms with Gasteiger partial charge in [-0.2, -0.15) is 13.5 Å². The molecule has 3 rings (SSSR count). The van der Waals surface area contributed by atoms with Gasteiger partial charge >= 0.3 is 0 Å². The van der Waals surface area contributed by atoms with E-state index >= 15 is 0 Å². The Morgan fingerprint density at radius 2 is 1.59 bits per heavy atom. The van der Waals surface area contributed by atoms with Gasteiger partial charge in [0.1, 0.15) is 10.6 Å². The lowest BCUT2D eigenvalue weighted by Crippen LogP contribution is -2.20. The quantitative estimate of drug-likeness (QED) is 0.297. The van der Waals surface area contributed by atoms with Gasteiger partial charge in [-0.1, -0.05) is 48.5 Å². The Labute approximate surface area is 170 Å². The molecular weight excluding hydrogens is 386 g/mol. The van der Waals surface area contributed by atoms with Gasteiger partial charge in [-0.3, -0.25) is 4.55 Å². The van der Waals surface area contributed by atoms with Crippen molar-refractivity contribution in [3.63, 3.8) is 0 Å². The van der Waals surface area contributed by atoms with Gasteiger partial charge in [0, 0.05) is 12.2 Å². The molecule has 0 unspecified atom stereocenters. The first-order valence-electron chi connectivity index (χ1n) is 8.93. The third-order valence-corrected chi connectivity index (χ3v) is 5.17. The van der Waals surface area contributed by atoms with Gasteiger partial charge in [-0.05, 0) is 42.8 Å². The van der Waals surface area contributed by atoms with Crippen molar-refractivity contribution < 1.29 is 13.0 Å². The smallest absolute Gasteiger partial charge is 0.298 e. The van der Waals surface area contributed by atoms with Crippen molar-refractivity contribution in [2.24, 2.45) is 10.2 Å². The SMILES string of the molecule is C=CCN(c1ccccc1)c1c(C)ccc(N=Nc2ccccc2)c1S(=O)(=O)O. The molecule has 7 heteroatoms. The van der Waals surface area contributed by atoms with Crippen molar-refractivity contribution in [1.82, 2.24) is 0 Å². The Morgan fingerprint density at radius 1 is 0.966 bits per heavy atom. The van der Waals surface area contributed by atoms with E-state index in [2.05, 4.69) is 16.8 Å². The van der Waals surface area contributed by atoms with Gasteiger partial charge in [0.05, 0.1) is 11.4 Å². The number of hydrogen-bond donors (Lipinski definition) is 1. The molecule has 0 bridgehead atoms. The maximum atomic E-state index is 12.4. The summed E-state index contributed by atoms with van der Waals surface area (Å²) in [5.74, 6) is 0. The topological polar surface area (TPSA) is 82.3 Å². The number of para-hydroxylation sites is 1. The van der Waals surface area contributed by atoms with Gasteiger partial charge in [-0.15, -0.1) is 11.7 Å². The molecule has 0 spiro atoms. The van der Waals surface area contributed by atoms with Crippen molar-refractivity contribution in [2.45, 2.75) is 11.8 Å². The molecule has 3 aromatic carbocycles. The van der Waals surface area contributed by atoms with Crippen LogP contribution in [0.3, 0.4) is 0 Å². The third kappa shape index (κ3) is 4.77. The number of hydrogen-bond acceptors (Lipinski definition) is 5. The van der Waals surface area contributed by atoms with Crippen molar-refractivity contribution >= 4 is 32.9 Å². The second-order valence-electron chi connectivity index (χ2n) is 6.32. The fourth-order valence-corrected chi connectivity index (χ4v) is 3.89. The van der Waals surface area contributed by atoms with Crippen molar-refractivity contribution in [3.8, 4) is 0 Å². The minimum atomic E-state index is -4.59. The van der Waals surface area contributed by atoms with Crippen LogP contribution in [0.4, 0.5) is 22.7 Å². The van der Waals surface area contributed by atoms with E-state index < -0.39 is 10.1 Å². The number of azo groups is 1. The summed E-state index contributed by atoms with van der Waals surface area (Å²) in [6.07, 6.45) is 1.67. The molecule has 0 amide bonds. The Kier molecular flexibility index (Phi) is 6.21. The molecular formula is C22H21N3O3S. The lowest BCUT2D eigenvalue weighted by Gasteiger charge is -2.27. The van der Waals surface area contributed by atoms with E-state index in [0.29, 0.717) is 23.5 Å². The van der Waals surface area contributed by atoms with Gasteiger partial charge in [-0.25, -0.2) is 0 Å². The van der Waals surface area contributed by atoms with E-state index in [1.165, 1.54) is 6.07 Å². The summed E-state index contributed by atoms with van der Waals surface area (Å²) in [6, 6.07) is 21.5. The number of anilines is 2. The van der Waals surface area contributed by atoms with E-state index in [-0.39, 0.29) is 10.6 Å². The first-order valence-corrected chi connectivity index (χ1v) is 10.4. The van der Waals surface area contributed by atoms with Crippen LogP contribution in [0.15, 0.2) is 101 Å². The number of rotatable bonds is 7. The highest BCUT2D eigenvalue weighted by atomic mass is 32.2. The molecule has 0 aliphatic heterocycles. The molecule has 1 N–H and O–H groups in total. The molecule has 0 aromatic heterocycles. The van der Waals surface area contributed by atoms with Gasteiger partial charge in [0.15, 0.2) is 0 Å². The molecule has 0 fully saturated rings. The first-order chi connectivity index (χ1) is 13.9. The standard InChI is InChI=1S/C22H21N3O3S/c1-3-16-25(19-12-8-5-9-13-19)21-17(2)14-15-20(22(21)29(26,27)28)24-23-18-10-6-4-7-11-18/h3-15H,1,16H2,2H3,(H,26,27,28). The third-order valence-electron chi connectivity index (χ3n) is 4.25. The molecule has 29 heavy (non-hydrogen) atoms. The van der Waals surface area contributed by atoms with E-state index in [1.807, 2.05) is 36.4 Å². The zero-order valence-electron chi connectivity index (χ0n) is 15.9. The van der Waals surface area contributed by atoms with Crippen LogP contribution in [0.5, 0.6) is 0 Å². The van der Waals surface area contributed by atoms with Crippen LogP contribution in [0.2, 0.25) is 0 Å². The predicted octanol–water partition coefficient (Wildman–Crippen LogP) is 5.98. The number of benzene rings is 3. The highest BCUT2D eigenvalue weighted by Gasteiger charge is 2.26. The average molecular weight is 407 g/mol. The minimum Gasteiger partial charge on any atom is -0.336 e.